The Morgan fingerprint density at radius 2 is 1.32 bits per heavy atom. The average molecular weight is 537 g/mol. The summed E-state index contributed by atoms with van der Waals surface area (Å²) in [5, 5.41) is 4.03. The van der Waals surface area contributed by atoms with E-state index in [0.717, 1.165) is 12.8 Å². The van der Waals surface area contributed by atoms with Gasteiger partial charge in [0.15, 0.2) is 0 Å². The second kappa shape index (κ2) is 14.1. The largest absolute Gasteiger partial charge is 0.494 e. The Bertz CT molecular complexity index is 1470. The Kier molecular flexibility index (Phi) is 9.77. The molecule has 0 spiro atoms. The maximum atomic E-state index is 12.7. The summed E-state index contributed by atoms with van der Waals surface area (Å²) >= 11 is 0. The smallest absolute Gasteiger partial charge is 0.343 e. The number of hydrogen-bond donors (Lipinski definition) is 1. The maximum Gasteiger partial charge on any atom is 0.343 e. The molecule has 202 valence electrons. The standard InChI is InChI=1S/C32H28N2O6/c1-2-3-20-38-27-17-14-23(15-18-27)30(35)34-33-22-26-16-19-28(39-31(36)24-10-6-4-7-11-24)21-29(26)40-32(37)25-12-8-5-9-13-25/h4-19,21-22H,2-3,20H2,1H3,(H,34,35)/b33-22-. The molecule has 1 amide bonds. The van der Waals surface area contributed by atoms with Crippen molar-refractivity contribution >= 4 is 24.1 Å². The molecule has 0 radical (unpaired) electrons. The maximum absolute atomic E-state index is 12.7. The summed E-state index contributed by atoms with van der Waals surface area (Å²) in [6, 6.07) is 28.3. The van der Waals surface area contributed by atoms with Crippen LogP contribution in [0.15, 0.2) is 108 Å². The zero-order chi connectivity index (χ0) is 28.2. The third kappa shape index (κ3) is 7.88. The lowest BCUT2D eigenvalue weighted by Crippen LogP contribution is -2.17. The molecule has 1 N–H and O–H groups in total. The molecular weight excluding hydrogens is 508 g/mol. The lowest BCUT2D eigenvalue weighted by molar-refractivity contribution is 0.0732. The van der Waals surface area contributed by atoms with Gasteiger partial charge in [-0.3, -0.25) is 4.79 Å². The SMILES string of the molecule is CCCCOc1ccc(C(=O)N/N=C\c2ccc(OC(=O)c3ccccc3)cc2OC(=O)c2ccccc2)cc1. The van der Waals surface area contributed by atoms with Crippen LogP contribution in [0.4, 0.5) is 0 Å². The van der Waals surface area contributed by atoms with Gasteiger partial charge in [0.1, 0.15) is 17.2 Å². The van der Waals surface area contributed by atoms with Crippen LogP contribution in [0, 0.1) is 0 Å². The number of esters is 2. The number of hydrazone groups is 1. The van der Waals surface area contributed by atoms with Gasteiger partial charge < -0.3 is 14.2 Å². The number of carbonyl (C=O) groups is 3. The summed E-state index contributed by atoms with van der Waals surface area (Å²) in [4.78, 5) is 37.8. The molecule has 0 aliphatic rings. The Morgan fingerprint density at radius 3 is 1.95 bits per heavy atom. The monoisotopic (exact) mass is 536 g/mol. The lowest BCUT2D eigenvalue weighted by Gasteiger charge is -2.10. The van der Waals surface area contributed by atoms with Gasteiger partial charge in [0.05, 0.1) is 23.9 Å². The van der Waals surface area contributed by atoms with Crippen LogP contribution in [0.2, 0.25) is 0 Å². The minimum atomic E-state index is -0.605. The number of rotatable bonds is 11. The molecule has 0 saturated heterocycles. The highest BCUT2D eigenvalue weighted by atomic mass is 16.5. The molecule has 0 heterocycles. The Labute approximate surface area is 232 Å². The number of ether oxygens (including phenoxy) is 3. The molecule has 0 saturated carbocycles. The zero-order valence-corrected chi connectivity index (χ0v) is 21.9. The van der Waals surface area contributed by atoms with Crippen molar-refractivity contribution in [1.29, 1.82) is 0 Å². The van der Waals surface area contributed by atoms with Crippen LogP contribution < -0.4 is 19.6 Å². The molecule has 0 unspecified atom stereocenters. The van der Waals surface area contributed by atoms with Gasteiger partial charge in [0.2, 0.25) is 0 Å². The van der Waals surface area contributed by atoms with E-state index in [0.29, 0.717) is 34.6 Å². The quantitative estimate of drug-likeness (QED) is 0.0821. The Hall–Kier alpha value is -5.24. The molecule has 4 aromatic rings. The number of carbonyl (C=O) groups excluding carboxylic acids is 3. The predicted octanol–water partition coefficient (Wildman–Crippen LogP) is 6.07. The fraction of sp³-hybridized carbons (Fsp3) is 0.125. The van der Waals surface area contributed by atoms with Crippen molar-refractivity contribution in [2.45, 2.75) is 19.8 Å². The van der Waals surface area contributed by atoms with Gasteiger partial charge >= 0.3 is 11.9 Å². The summed E-state index contributed by atoms with van der Waals surface area (Å²) in [6.45, 7) is 2.70. The van der Waals surface area contributed by atoms with Crippen molar-refractivity contribution < 1.29 is 28.6 Å². The van der Waals surface area contributed by atoms with Crippen molar-refractivity contribution in [2.75, 3.05) is 6.61 Å². The van der Waals surface area contributed by atoms with Crippen molar-refractivity contribution in [1.82, 2.24) is 5.43 Å². The normalized spacial score (nSPS) is 10.6. The molecule has 0 bridgehead atoms. The highest BCUT2D eigenvalue weighted by Gasteiger charge is 2.15. The molecule has 40 heavy (non-hydrogen) atoms. The van der Waals surface area contributed by atoms with E-state index in [1.54, 1.807) is 97.1 Å². The minimum absolute atomic E-state index is 0.0961. The second-order valence-electron chi connectivity index (χ2n) is 8.64. The van der Waals surface area contributed by atoms with E-state index in [-0.39, 0.29) is 11.5 Å². The average Bonchev–Trinajstić information content (AvgIpc) is 2.99. The van der Waals surface area contributed by atoms with Gasteiger partial charge in [-0.05, 0) is 67.1 Å². The van der Waals surface area contributed by atoms with Crippen LogP contribution in [-0.4, -0.2) is 30.7 Å². The first-order valence-electron chi connectivity index (χ1n) is 12.8. The molecule has 8 nitrogen and oxygen atoms in total. The summed E-state index contributed by atoms with van der Waals surface area (Å²) in [6.07, 6.45) is 3.33. The summed E-state index contributed by atoms with van der Waals surface area (Å²) in [5.41, 5.74) is 3.96. The van der Waals surface area contributed by atoms with E-state index >= 15 is 0 Å². The van der Waals surface area contributed by atoms with Gasteiger partial charge in [-0.1, -0.05) is 49.7 Å². The van der Waals surface area contributed by atoms with Crippen LogP contribution in [0.25, 0.3) is 0 Å². The fourth-order valence-electron chi connectivity index (χ4n) is 3.51. The summed E-state index contributed by atoms with van der Waals surface area (Å²) in [7, 11) is 0. The van der Waals surface area contributed by atoms with Crippen LogP contribution in [-0.2, 0) is 0 Å². The number of nitrogens with one attached hydrogen (secondary N) is 1. The van der Waals surface area contributed by atoms with Gasteiger partial charge in [-0.25, -0.2) is 15.0 Å². The number of amides is 1. The van der Waals surface area contributed by atoms with Gasteiger partial charge in [0, 0.05) is 17.2 Å². The molecule has 0 fully saturated rings. The minimum Gasteiger partial charge on any atom is -0.494 e. The second-order valence-corrected chi connectivity index (χ2v) is 8.64. The van der Waals surface area contributed by atoms with Gasteiger partial charge in [0.25, 0.3) is 5.91 Å². The fourth-order valence-corrected chi connectivity index (χ4v) is 3.51. The Morgan fingerprint density at radius 1 is 0.725 bits per heavy atom. The first-order valence-corrected chi connectivity index (χ1v) is 12.8. The molecule has 0 aliphatic carbocycles. The molecule has 0 atom stereocenters. The number of unbranched alkanes of at least 4 members (excludes halogenated alkanes) is 1. The first-order chi connectivity index (χ1) is 19.5. The van der Waals surface area contributed by atoms with Gasteiger partial charge in [-0.15, -0.1) is 0 Å². The summed E-state index contributed by atoms with van der Waals surface area (Å²) < 4.78 is 16.7. The highest BCUT2D eigenvalue weighted by molar-refractivity contribution is 5.96. The van der Waals surface area contributed by atoms with Crippen molar-refractivity contribution in [3.63, 3.8) is 0 Å². The number of benzene rings is 4. The molecule has 4 rings (SSSR count). The van der Waals surface area contributed by atoms with E-state index in [1.165, 1.54) is 12.3 Å². The molecule has 4 aromatic carbocycles. The van der Waals surface area contributed by atoms with E-state index in [2.05, 4.69) is 17.5 Å². The van der Waals surface area contributed by atoms with E-state index in [4.69, 9.17) is 14.2 Å². The van der Waals surface area contributed by atoms with Crippen LogP contribution >= 0.6 is 0 Å². The van der Waals surface area contributed by atoms with Gasteiger partial charge in [-0.2, -0.15) is 5.10 Å². The molecule has 0 aromatic heterocycles. The molecule has 0 aliphatic heterocycles. The third-order valence-electron chi connectivity index (χ3n) is 5.67. The van der Waals surface area contributed by atoms with E-state index in [1.807, 2.05) is 0 Å². The number of hydrogen-bond acceptors (Lipinski definition) is 7. The highest BCUT2D eigenvalue weighted by Crippen LogP contribution is 2.26. The molecular formula is C32H28N2O6. The molecule has 8 heteroatoms. The lowest BCUT2D eigenvalue weighted by atomic mass is 10.2. The third-order valence-corrected chi connectivity index (χ3v) is 5.67. The number of nitrogens with zero attached hydrogens (tertiary/aromatic N) is 1. The van der Waals surface area contributed by atoms with Crippen LogP contribution in [0.5, 0.6) is 17.2 Å². The van der Waals surface area contributed by atoms with Crippen molar-refractivity contribution in [2.24, 2.45) is 5.10 Å². The van der Waals surface area contributed by atoms with Crippen LogP contribution in [0.3, 0.4) is 0 Å². The van der Waals surface area contributed by atoms with Crippen molar-refractivity contribution in [3.05, 3.63) is 125 Å². The summed E-state index contributed by atoms with van der Waals surface area (Å²) in [5.74, 6) is -0.631. The Balaban J connectivity index is 1.48. The first kappa shape index (κ1) is 27.8. The van der Waals surface area contributed by atoms with E-state index < -0.39 is 17.8 Å². The van der Waals surface area contributed by atoms with E-state index in [9.17, 15) is 14.4 Å². The topological polar surface area (TPSA) is 103 Å². The zero-order valence-electron chi connectivity index (χ0n) is 21.9. The predicted molar refractivity (Wildman–Crippen MR) is 151 cm³/mol. The van der Waals surface area contributed by atoms with Crippen molar-refractivity contribution in [3.8, 4) is 17.2 Å². The van der Waals surface area contributed by atoms with Crippen LogP contribution in [0.1, 0.15) is 56.4 Å².